The predicted octanol–water partition coefficient (Wildman–Crippen LogP) is 1.80. The molecule has 0 radical (unpaired) electrons. The van der Waals surface area contributed by atoms with E-state index in [0.29, 0.717) is 23.6 Å². The van der Waals surface area contributed by atoms with Gasteiger partial charge in [0.25, 0.3) is 5.91 Å². The van der Waals surface area contributed by atoms with Crippen molar-refractivity contribution in [1.82, 2.24) is 20.0 Å². The number of carbonyl (C=O) groups is 1. The number of primary amides is 1. The molecule has 0 aliphatic rings. The number of aromatic nitrogens is 4. The van der Waals surface area contributed by atoms with Crippen molar-refractivity contribution in [2.75, 3.05) is 10.6 Å². The van der Waals surface area contributed by atoms with Gasteiger partial charge < -0.3 is 16.4 Å². The normalized spacial score (nSPS) is 10.5. The molecule has 0 saturated carbocycles. The van der Waals surface area contributed by atoms with Crippen LogP contribution in [0.15, 0.2) is 42.7 Å². The van der Waals surface area contributed by atoms with Gasteiger partial charge in [-0.15, -0.1) is 10.2 Å². The van der Waals surface area contributed by atoms with Gasteiger partial charge in [0.1, 0.15) is 5.82 Å². The molecule has 0 unspecified atom stereocenters. The molecule has 8 nitrogen and oxygen atoms in total. The summed E-state index contributed by atoms with van der Waals surface area (Å²) in [4.78, 5) is 11.5. The molecule has 1 aromatic carbocycles. The van der Waals surface area contributed by atoms with Crippen LogP contribution in [0.25, 0.3) is 0 Å². The number of halogens is 1. The molecule has 2 heterocycles. The lowest BCUT2D eigenvalue weighted by Crippen LogP contribution is -2.17. The maximum Gasteiger partial charge on any atom is 0.271 e. The minimum absolute atomic E-state index is 0.00754. The molecular weight excluding hydrogens is 325 g/mol. The van der Waals surface area contributed by atoms with E-state index < -0.39 is 5.91 Å². The van der Waals surface area contributed by atoms with E-state index in [-0.39, 0.29) is 11.5 Å². The molecule has 3 rings (SSSR count). The van der Waals surface area contributed by atoms with E-state index in [2.05, 4.69) is 25.9 Å². The fourth-order valence-corrected chi connectivity index (χ4v) is 2.25. The third-order valence-electron chi connectivity index (χ3n) is 3.38. The van der Waals surface area contributed by atoms with Gasteiger partial charge in [-0.2, -0.15) is 5.10 Å². The largest absolute Gasteiger partial charge is 0.379 e. The van der Waals surface area contributed by atoms with Crippen LogP contribution < -0.4 is 16.4 Å². The standard InChI is InChI=1S/C16H16FN7O/c1-24-9-12(8-20-24)21-14-6-13(15(16(18)25)23-22-14)19-7-10-3-2-4-11(17)5-10/h2-6,8-9H,7H2,1H3,(H2,18,25)(H2,19,21,22). The number of benzene rings is 1. The first-order chi connectivity index (χ1) is 12.0. The monoisotopic (exact) mass is 341 g/mol. The van der Waals surface area contributed by atoms with E-state index in [1.807, 2.05) is 0 Å². The number of nitrogens with two attached hydrogens (primary N) is 1. The fraction of sp³-hybridized carbons (Fsp3) is 0.125. The number of nitrogens with one attached hydrogen (secondary N) is 2. The third-order valence-corrected chi connectivity index (χ3v) is 3.38. The molecule has 0 bridgehead atoms. The highest BCUT2D eigenvalue weighted by atomic mass is 19.1. The summed E-state index contributed by atoms with van der Waals surface area (Å²) in [6, 6.07) is 7.76. The number of nitrogens with zero attached hydrogens (tertiary/aromatic N) is 4. The van der Waals surface area contributed by atoms with Crippen LogP contribution >= 0.6 is 0 Å². The highest BCUT2D eigenvalue weighted by Crippen LogP contribution is 2.20. The Labute approximate surface area is 142 Å². The number of amides is 1. The summed E-state index contributed by atoms with van der Waals surface area (Å²) in [6.45, 7) is 0.302. The summed E-state index contributed by atoms with van der Waals surface area (Å²) in [7, 11) is 1.79. The predicted molar refractivity (Wildman–Crippen MR) is 90.8 cm³/mol. The maximum absolute atomic E-state index is 13.3. The van der Waals surface area contributed by atoms with Gasteiger partial charge in [-0.25, -0.2) is 4.39 Å². The second kappa shape index (κ2) is 6.95. The number of hydrogen-bond acceptors (Lipinski definition) is 6. The van der Waals surface area contributed by atoms with Crippen molar-refractivity contribution in [3.8, 4) is 0 Å². The van der Waals surface area contributed by atoms with E-state index in [1.165, 1.54) is 12.1 Å². The summed E-state index contributed by atoms with van der Waals surface area (Å²) in [5.74, 6) is -0.622. The molecule has 0 spiro atoms. The summed E-state index contributed by atoms with van der Waals surface area (Å²) in [6.07, 6.45) is 3.40. The fourth-order valence-electron chi connectivity index (χ4n) is 2.25. The molecule has 0 atom stereocenters. The Bertz CT molecular complexity index is 909. The van der Waals surface area contributed by atoms with E-state index >= 15 is 0 Å². The van der Waals surface area contributed by atoms with Crippen LogP contribution in [-0.4, -0.2) is 25.9 Å². The highest BCUT2D eigenvalue weighted by molar-refractivity contribution is 5.96. The Balaban J connectivity index is 1.81. The number of aryl methyl sites for hydroxylation is 1. The molecule has 0 aliphatic carbocycles. The molecule has 3 aromatic rings. The van der Waals surface area contributed by atoms with Crippen molar-refractivity contribution < 1.29 is 9.18 Å². The van der Waals surface area contributed by atoms with Gasteiger partial charge in [-0.3, -0.25) is 9.48 Å². The van der Waals surface area contributed by atoms with Gasteiger partial charge >= 0.3 is 0 Å². The van der Waals surface area contributed by atoms with Crippen LogP contribution in [0.5, 0.6) is 0 Å². The molecule has 128 valence electrons. The van der Waals surface area contributed by atoms with Gasteiger partial charge in [0.15, 0.2) is 11.5 Å². The molecular formula is C16H16FN7O. The molecule has 1 amide bonds. The molecule has 0 aliphatic heterocycles. The van der Waals surface area contributed by atoms with E-state index in [4.69, 9.17) is 5.73 Å². The van der Waals surface area contributed by atoms with Gasteiger partial charge in [0.2, 0.25) is 0 Å². The highest BCUT2D eigenvalue weighted by Gasteiger charge is 2.13. The van der Waals surface area contributed by atoms with Crippen molar-refractivity contribution in [2.24, 2.45) is 12.8 Å². The van der Waals surface area contributed by atoms with Gasteiger partial charge in [-0.1, -0.05) is 12.1 Å². The molecule has 0 fully saturated rings. The van der Waals surface area contributed by atoms with Crippen LogP contribution in [0.3, 0.4) is 0 Å². The summed E-state index contributed by atoms with van der Waals surface area (Å²) in [5.41, 5.74) is 7.19. The van der Waals surface area contributed by atoms with Gasteiger partial charge in [0, 0.05) is 25.9 Å². The number of hydrogen-bond donors (Lipinski definition) is 3. The van der Waals surface area contributed by atoms with Gasteiger partial charge in [-0.05, 0) is 17.7 Å². The van der Waals surface area contributed by atoms with Crippen LogP contribution in [0.2, 0.25) is 0 Å². The zero-order valence-corrected chi connectivity index (χ0v) is 13.4. The molecule has 0 saturated heterocycles. The molecule has 2 aromatic heterocycles. The van der Waals surface area contributed by atoms with Gasteiger partial charge in [0.05, 0.1) is 17.6 Å². The average Bonchev–Trinajstić information content (AvgIpc) is 2.98. The second-order valence-electron chi connectivity index (χ2n) is 5.37. The minimum atomic E-state index is -0.706. The van der Waals surface area contributed by atoms with Crippen LogP contribution in [0, 0.1) is 5.82 Å². The Morgan fingerprint density at radius 1 is 1.32 bits per heavy atom. The van der Waals surface area contributed by atoms with E-state index in [1.54, 1.807) is 42.3 Å². The lowest BCUT2D eigenvalue weighted by atomic mass is 10.2. The first kappa shape index (κ1) is 16.4. The molecule has 4 N–H and O–H groups in total. The van der Waals surface area contributed by atoms with Crippen LogP contribution in [0.4, 0.5) is 21.6 Å². The lowest BCUT2D eigenvalue weighted by molar-refractivity contribution is 0.0995. The first-order valence-electron chi connectivity index (χ1n) is 7.43. The topological polar surface area (TPSA) is 111 Å². The smallest absolute Gasteiger partial charge is 0.271 e. The number of carbonyl (C=O) groups excluding carboxylic acids is 1. The van der Waals surface area contributed by atoms with E-state index in [0.717, 1.165) is 5.69 Å². The molecule has 25 heavy (non-hydrogen) atoms. The summed E-state index contributed by atoms with van der Waals surface area (Å²) >= 11 is 0. The Morgan fingerprint density at radius 3 is 2.84 bits per heavy atom. The van der Waals surface area contributed by atoms with Crippen molar-refractivity contribution >= 4 is 23.1 Å². The van der Waals surface area contributed by atoms with Crippen molar-refractivity contribution in [1.29, 1.82) is 0 Å². The van der Waals surface area contributed by atoms with Crippen LogP contribution in [0.1, 0.15) is 16.1 Å². The summed E-state index contributed by atoms with van der Waals surface area (Å²) in [5, 5.41) is 17.9. The maximum atomic E-state index is 13.3. The Hall–Kier alpha value is -3.49. The second-order valence-corrected chi connectivity index (χ2v) is 5.37. The first-order valence-corrected chi connectivity index (χ1v) is 7.43. The number of anilines is 3. The quantitative estimate of drug-likeness (QED) is 0.630. The zero-order valence-electron chi connectivity index (χ0n) is 13.4. The SMILES string of the molecule is Cn1cc(Nc2cc(NCc3cccc(F)c3)c(C(N)=O)nn2)cn1. The minimum Gasteiger partial charge on any atom is -0.379 e. The van der Waals surface area contributed by atoms with E-state index in [9.17, 15) is 9.18 Å². The molecule has 9 heteroatoms. The Kier molecular flexibility index (Phi) is 4.55. The third kappa shape index (κ3) is 4.08. The lowest BCUT2D eigenvalue weighted by Gasteiger charge is -2.11. The van der Waals surface area contributed by atoms with Crippen molar-refractivity contribution in [3.63, 3.8) is 0 Å². The van der Waals surface area contributed by atoms with Crippen LogP contribution in [-0.2, 0) is 13.6 Å². The average molecular weight is 341 g/mol. The zero-order chi connectivity index (χ0) is 17.8. The van der Waals surface area contributed by atoms with Crippen molar-refractivity contribution in [2.45, 2.75) is 6.54 Å². The Morgan fingerprint density at radius 2 is 2.16 bits per heavy atom. The number of rotatable bonds is 6. The summed E-state index contributed by atoms with van der Waals surface area (Å²) < 4.78 is 14.9. The van der Waals surface area contributed by atoms with Crippen molar-refractivity contribution in [3.05, 3.63) is 59.8 Å².